The van der Waals surface area contributed by atoms with Gasteiger partial charge < -0.3 is 4.74 Å². The van der Waals surface area contributed by atoms with E-state index < -0.39 is 0 Å². The summed E-state index contributed by atoms with van der Waals surface area (Å²) >= 11 is 12.1. The zero-order valence-corrected chi connectivity index (χ0v) is 14.5. The predicted molar refractivity (Wildman–Crippen MR) is 94.6 cm³/mol. The van der Waals surface area contributed by atoms with Crippen LogP contribution in [0.5, 0.6) is 0 Å². The van der Waals surface area contributed by atoms with Crippen LogP contribution >= 0.6 is 23.2 Å². The molecule has 1 aromatic carbocycles. The summed E-state index contributed by atoms with van der Waals surface area (Å²) in [7, 11) is 0. The molecule has 2 heterocycles. The second-order valence-corrected chi connectivity index (χ2v) is 6.35. The molecule has 0 atom stereocenters. The minimum atomic E-state index is 0.531. The SMILES string of the molecule is Cc1cc(C=CCN2CCOCC2)nn1-c1ccc(Cl)c(Cl)c1. The standard InChI is InChI=1S/C17H19Cl2N3O/c1-13-11-14(3-2-6-21-7-9-23-10-8-21)20-22(13)15-4-5-16(18)17(19)12-15/h2-5,11-12H,6-10H2,1H3. The van der Waals surface area contributed by atoms with Crippen molar-refractivity contribution in [1.82, 2.24) is 14.7 Å². The number of aromatic nitrogens is 2. The summed E-state index contributed by atoms with van der Waals surface area (Å²) in [6.07, 6.45) is 4.20. The van der Waals surface area contributed by atoms with Gasteiger partial charge in [0.15, 0.2) is 0 Å². The van der Waals surface area contributed by atoms with Crippen molar-refractivity contribution in [2.45, 2.75) is 6.92 Å². The maximum absolute atomic E-state index is 6.09. The highest BCUT2D eigenvalue weighted by Crippen LogP contribution is 2.25. The average molecular weight is 352 g/mol. The molecule has 122 valence electrons. The molecule has 0 aliphatic carbocycles. The van der Waals surface area contributed by atoms with Crippen molar-refractivity contribution in [3.05, 3.63) is 51.8 Å². The van der Waals surface area contributed by atoms with Gasteiger partial charge in [-0.2, -0.15) is 5.10 Å². The Morgan fingerprint density at radius 1 is 1.17 bits per heavy atom. The number of benzene rings is 1. The van der Waals surface area contributed by atoms with Crippen LogP contribution in [0.15, 0.2) is 30.3 Å². The molecule has 0 saturated carbocycles. The second-order valence-electron chi connectivity index (χ2n) is 5.54. The number of nitrogens with zero attached hydrogens (tertiary/aromatic N) is 3. The first-order valence-electron chi connectivity index (χ1n) is 7.62. The highest BCUT2D eigenvalue weighted by Gasteiger charge is 2.09. The molecule has 3 rings (SSSR count). The van der Waals surface area contributed by atoms with E-state index in [1.54, 1.807) is 6.07 Å². The number of hydrogen-bond acceptors (Lipinski definition) is 3. The Kier molecular flexibility index (Phi) is 5.38. The lowest BCUT2D eigenvalue weighted by Crippen LogP contribution is -2.36. The molecule has 0 radical (unpaired) electrons. The van der Waals surface area contributed by atoms with E-state index in [1.165, 1.54) is 0 Å². The van der Waals surface area contributed by atoms with Gasteiger partial charge in [0.2, 0.25) is 0 Å². The number of ether oxygens (including phenoxy) is 1. The molecule has 1 aromatic heterocycles. The maximum Gasteiger partial charge on any atom is 0.0855 e. The van der Waals surface area contributed by atoms with Gasteiger partial charge >= 0.3 is 0 Å². The average Bonchev–Trinajstić information content (AvgIpc) is 2.92. The van der Waals surface area contributed by atoms with E-state index in [1.807, 2.05) is 23.7 Å². The molecule has 1 saturated heterocycles. The van der Waals surface area contributed by atoms with Crippen molar-refractivity contribution in [2.75, 3.05) is 32.8 Å². The summed E-state index contributed by atoms with van der Waals surface area (Å²) < 4.78 is 7.22. The first kappa shape index (κ1) is 16.5. The first-order chi connectivity index (χ1) is 11.1. The van der Waals surface area contributed by atoms with Gasteiger partial charge in [0.25, 0.3) is 0 Å². The molecular formula is C17H19Cl2N3O. The summed E-state index contributed by atoms with van der Waals surface area (Å²) in [6.45, 7) is 6.55. The third kappa shape index (κ3) is 4.15. The van der Waals surface area contributed by atoms with Crippen LogP contribution in [0.4, 0.5) is 0 Å². The summed E-state index contributed by atoms with van der Waals surface area (Å²) in [4.78, 5) is 2.36. The molecule has 6 heteroatoms. The van der Waals surface area contributed by atoms with E-state index in [2.05, 4.69) is 28.2 Å². The second kappa shape index (κ2) is 7.49. The van der Waals surface area contributed by atoms with Crippen LogP contribution in [-0.4, -0.2) is 47.5 Å². The minimum Gasteiger partial charge on any atom is -0.379 e. The monoisotopic (exact) mass is 351 g/mol. The van der Waals surface area contributed by atoms with Crippen molar-refractivity contribution < 1.29 is 4.74 Å². The van der Waals surface area contributed by atoms with Crippen LogP contribution in [0.2, 0.25) is 10.0 Å². The molecule has 0 N–H and O–H groups in total. The molecule has 1 aliphatic rings. The Balaban J connectivity index is 1.71. The lowest BCUT2D eigenvalue weighted by Gasteiger charge is -2.24. The van der Waals surface area contributed by atoms with Gasteiger partial charge in [-0.3, -0.25) is 4.90 Å². The van der Waals surface area contributed by atoms with Gasteiger partial charge in [-0.15, -0.1) is 0 Å². The topological polar surface area (TPSA) is 30.3 Å². The third-order valence-corrected chi connectivity index (χ3v) is 4.55. The van der Waals surface area contributed by atoms with Crippen LogP contribution in [-0.2, 0) is 4.74 Å². The van der Waals surface area contributed by atoms with Crippen LogP contribution in [0, 0.1) is 6.92 Å². The van der Waals surface area contributed by atoms with Crippen molar-refractivity contribution >= 4 is 29.3 Å². The Morgan fingerprint density at radius 3 is 2.70 bits per heavy atom. The van der Waals surface area contributed by atoms with Crippen molar-refractivity contribution in [2.24, 2.45) is 0 Å². The predicted octanol–water partition coefficient (Wildman–Crippen LogP) is 3.83. The molecule has 0 amide bonds. The molecule has 0 spiro atoms. The molecular weight excluding hydrogens is 333 g/mol. The lowest BCUT2D eigenvalue weighted by atomic mass is 10.3. The Labute approximate surface area is 146 Å². The zero-order valence-electron chi connectivity index (χ0n) is 13.0. The summed E-state index contributed by atoms with van der Waals surface area (Å²) in [5.74, 6) is 0. The number of hydrogen-bond donors (Lipinski definition) is 0. The number of halogens is 2. The van der Waals surface area contributed by atoms with Gasteiger partial charge in [-0.25, -0.2) is 4.68 Å². The van der Waals surface area contributed by atoms with E-state index in [-0.39, 0.29) is 0 Å². The van der Waals surface area contributed by atoms with Gasteiger partial charge in [0.05, 0.1) is 34.6 Å². The third-order valence-electron chi connectivity index (χ3n) is 3.81. The normalized spacial score (nSPS) is 16.3. The molecule has 23 heavy (non-hydrogen) atoms. The molecule has 0 bridgehead atoms. The largest absolute Gasteiger partial charge is 0.379 e. The number of aryl methyl sites for hydroxylation is 1. The Bertz CT molecular complexity index is 706. The van der Waals surface area contributed by atoms with Crippen LogP contribution in [0.3, 0.4) is 0 Å². The van der Waals surface area contributed by atoms with E-state index in [9.17, 15) is 0 Å². The van der Waals surface area contributed by atoms with E-state index in [0.717, 1.165) is 49.9 Å². The molecule has 4 nitrogen and oxygen atoms in total. The van der Waals surface area contributed by atoms with Gasteiger partial charge in [-0.1, -0.05) is 29.3 Å². The first-order valence-corrected chi connectivity index (χ1v) is 8.38. The van der Waals surface area contributed by atoms with E-state index in [4.69, 9.17) is 27.9 Å². The van der Waals surface area contributed by atoms with Crippen molar-refractivity contribution in [1.29, 1.82) is 0 Å². The molecule has 1 fully saturated rings. The van der Waals surface area contributed by atoms with Gasteiger partial charge in [-0.05, 0) is 37.3 Å². The molecule has 2 aromatic rings. The van der Waals surface area contributed by atoms with Crippen LogP contribution in [0.1, 0.15) is 11.4 Å². The van der Waals surface area contributed by atoms with E-state index >= 15 is 0 Å². The summed E-state index contributed by atoms with van der Waals surface area (Å²) in [5, 5.41) is 5.70. The van der Waals surface area contributed by atoms with E-state index in [0.29, 0.717) is 10.0 Å². The fourth-order valence-corrected chi connectivity index (χ4v) is 2.86. The Morgan fingerprint density at radius 2 is 1.96 bits per heavy atom. The van der Waals surface area contributed by atoms with Gasteiger partial charge in [0, 0.05) is 25.3 Å². The molecule has 0 unspecified atom stereocenters. The maximum atomic E-state index is 6.09. The summed E-state index contributed by atoms with van der Waals surface area (Å²) in [5.41, 5.74) is 2.89. The fraction of sp³-hybridized carbons (Fsp3) is 0.353. The number of morpholine rings is 1. The highest BCUT2D eigenvalue weighted by atomic mass is 35.5. The zero-order chi connectivity index (χ0) is 16.2. The van der Waals surface area contributed by atoms with Crippen LogP contribution in [0.25, 0.3) is 11.8 Å². The van der Waals surface area contributed by atoms with Crippen LogP contribution < -0.4 is 0 Å². The smallest absolute Gasteiger partial charge is 0.0855 e. The van der Waals surface area contributed by atoms with Crippen molar-refractivity contribution in [3.63, 3.8) is 0 Å². The highest BCUT2D eigenvalue weighted by molar-refractivity contribution is 6.42. The van der Waals surface area contributed by atoms with Crippen molar-refractivity contribution in [3.8, 4) is 5.69 Å². The molecule has 1 aliphatic heterocycles. The quantitative estimate of drug-likeness (QED) is 0.838. The van der Waals surface area contributed by atoms with Gasteiger partial charge in [0.1, 0.15) is 0 Å². The Hall–Kier alpha value is -1.33. The lowest BCUT2D eigenvalue weighted by molar-refractivity contribution is 0.0435. The number of rotatable bonds is 4. The minimum absolute atomic E-state index is 0.531. The summed E-state index contributed by atoms with van der Waals surface area (Å²) in [6, 6.07) is 7.58. The fourth-order valence-electron chi connectivity index (χ4n) is 2.56.